The van der Waals surface area contributed by atoms with Crippen LogP contribution in [0.15, 0.2) is 59.3 Å². The third-order valence-electron chi connectivity index (χ3n) is 27.5. The predicted octanol–water partition coefficient (Wildman–Crippen LogP) is -3.80. The van der Waals surface area contributed by atoms with Gasteiger partial charge < -0.3 is 135 Å². The monoisotopic (exact) mass is 2060 g/mol. The highest BCUT2D eigenvalue weighted by Crippen LogP contribution is 2.51. The predicted molar refractivity (Wildman–Crippen MR) is 541 cm³/mol. The Morgan fingerprint density at radius 1 is 0.690 bits per heavy atom. The van der Waals surface area contributed by atoms with Crippen molar-refractivity contribution < 1.29 is 124 Å². The van der Waals surface area contributed by atoms with Gasteiger partial charge in [0.25, 0.3) is 0 Å². The number of Topliss-reactive ketones (excluding diaryl/α,β-unsaturated/α-hetero) is 1. The molecule has 1 aromatic heterocycles. The van der Waals surface area contributed by atoms with Gasteiger partial charge in [-0.1, -0.05) is 160 Å². The van der Waals surface area contributed by atoms with Crippen molar-refractivity contribution in [3.63, 3.8) is 0 Å². The normalized spacial score (nSPS) is 24.6. The highest BCUT2D eigenvalue weighted by molar-refractivity contribution is 5.96. The summed E-state index contributed by atoms with van der Waals surface area (Å²) in [7, 11) is 0. The summed E-state index contributed by atoms with van der Waals surface area (Å²) >= 11 is 0. The van der Waals surface area contributed by atoms with E-state index >= 15 is 9.59 Å². The summed E-state index contributed by atoms with van der Waals surface area (Å²) in [6.07, 6.45) is 10.6. The zero-order valence-corrected chi connectivity index (χ0v) is 85.1. The standard InChI is InChI=1S/C99H173N21O25/c1-5-6-30-69(90(135)114-71-35-37-78(123)99-49-77(99)103-40-23-22-32-68(89(102)134)111-92(137)72(48-64-51-106-67-31-21-20-29-65(64)67)115-97(142)88(66(39-41-104-79(100)50-99)63-28-24-27-62(4)47-63)118-83(127)54-109-96(141)76-33-25-43-120(76)98(71)143)112-93(138)73(52-107-84(128)55-119(56-86(130)131)57-87(132)133)116-95(140)75(59-122)117-91(136)70(36-38-80(101)124)113-94(139)74(58-121)110-82(126)53-108-85(129)60-145-46-45-144-44-42-105-81(125)34-19-17-15-13-11-9-7-8-10-12-14-16-18-26-61(2)3/h20-21,24,28-29,31,47,51,61-62,66,68-77,82-84,86,88,90-91,93,96-97,103,106-107,109-110,112,114-115,117-118,121-122,126-128,130-131,135-136,138,141-142H,5-19,22-23,25-27,30,32-46,48-50,52-60H2,1-4H3,(H2,100,104)(H2,101,124)(H2,102,134)(H,105,125)(H,108,129)(H,111,137)(H,113,139)(H,116,140)(H,132,133). The number of nitrogens with one attached hydrogen (secondary N) is 15. The van der Waals surface area contributed by atoms with Crippen LogP contribution in [0, 0.1) is 23.2 Å². The first-order valence-electron chi connectivity index (χ1n) is 52.4. The van der Waals surface area contributed by atoms with Crippen LogP contribution in [0.4, 0.5) is 0 Å². The van der Waals surface area contributed by atoms with E-state index in [9.17, 15) is 105 Å². The second-order valence-electron chi connectivity index (χ2n) is 39.9. The minimum Gasteiger partial charge on any atom is -0.480 e. The van der Waals surface area contributed by atoms with Gasteiger partial charge in [-0.2, -0.15) is 0 Å². The van der Waals surface area contributed by atoms with Crippen LogP contribution >= 0.6 is 0 Å². The smallest absolute Gasteiger partial charge is 0.317 e. The molecule has 4 heterocycles. The third kappa shape index (κ3) is 45.2. The lowest BCUT2D eigenvalue weighted by molar-refractivity contribution is -0.141. The summed E-state index contributed by atoms with van der Waals surface area (Å²) in [5.41, 5.74) is 19.5. The number of nitrogens with zero attached hydrogens (tertiary/aromatic N) is 3. The van der Waals surface area contributed by atoms with Crippen LogP contribution in [0.5, 0.6) is 0 Å². The number of carboxylic acid groups (broad SMARTS) is 1. The molecule has 145 heavy (non-hydrogen) atoms. The lowest BCUT2D eigenvalue weighted by Crippen LogP contribution is -2.65. The minimum absolute atomic E-state index is 0.000214. The first-order valence-corrected chi connectivity index (χ1v) is 52.4. The van der Waals surface area contributed by atoms with Crippen molar-refractivity contribution in [1.29, 1.82) is 0 Å². The number of benzene rings is 1. The van der Waals surface area contributed by atoms with Crippen molar-refractivity contribution in [3.05, 3.63) is 59.8 Å². The number of H-pyrrole nitrogens is 1. The summed E-state index contributed by atoms with van der Waals surface area (Å²) in [6.45, 7) is 3.08. The Kier molecular flexibility index (Phi) is 57.1. The molecular weight excluding hydrogens is 1880 g/mol. The molecule has 7 rings (SSSR count). The Hall–Kier alpha value is -8.35. The fraction of sp³-hybridized carbons (Fsp3) is 0.768. The number of fused-ring (bicyclic) bond motifs is 7. The molecule has 3 aliphatic heterocycles. The maximum Gasteiger partial charge on any atom is 0.317 e. The number of amides is 8. The van der Waals surface area contributed by atoms with Crippen molar-refractivity contribution in [1.82, 2.24) is 89.2 Å². The van der Waals surface area contributed by atoms with Gasteiger partial charge in [-0.05, 0) is 119 Å². The first-order chi connectivity index (χ1) is 69.4. The quantitative estimate of drug-likeness (QED) is 0.0223. The van der Waals surface area contributed by atoms with Gasteiger partial charge in [0, 0.05) is 107 Å². The van der Waals surface area contributed by atoms with Gasteiger partial charge in [0.05, 0.1) is 93.6 Å². The van der Waals surface area contributed by atoms with Crippen LogP contribution in [-0.2, 0) is 63.8 Å². The molecule has 1 spiro atoms. The largest absolute Gasteiger partial charge is 0.480 e. The topological polar surface area (TPSA) is 733 Å². The van der Waals surface area contributed by atoms with E-state index in [-0.39, 0.29) is 114 Å². The van der Waals surface area contributed by atoms with Crippen LogP contribution in [0.2, 0.25) is 0 Å². The van der Waals surface area contributed by atoms with E-state index in [2.05, 4.69) is 99.3 Å². The molecule has 0 radical (unpaired) electrons. The van der Waals surface area contributed by atoms with Crippen molar-refractivity contribution in [3.8, 4) is 0 Å². The number of carboxylic acids is 1. The Morgan fingerprint density at radius 3 is 2.03 bits per heavy atom. The Morgan fingerprint density at radius 2 is 1.37 bits per heavy atom. The lowest BCUT2D eigenvalue weighted by atomic mass is 9.82. The number of carbonyl (C=O) groups is 10. The number of aliphatic carboxylic acids is 1. The number of hydrogen-bond donors (Lipinski definition) is 31. The van der Waals surface area contributed by atoms with Gasteiger partial charge in [-0.25, -0.2) is 0 Å². The number of ether oxygens (including phenoxy) is 2. The van der Waals surface area contributed by atoms with Gasteiger partial charge >= 0.3 is 5.97 Å². The van der Waals surface area contributed by atoms with Crippen molar-refractivity contribution >= 4 is 75.7 Å². The number of aliphatic hydroxyl groups excluding tert-OH is 11. The average Bonchev–Trinajstić information content (AvgIpc) is 1.58. The number of para-hydroxylation sites is 1. The molecule has 824 valence electrons. The fourth-order valence-corrected chi connectivity index (χ4v) is 19.3. The molecule has 2 fully saturated rings. The zero-order valence-electron chi connectivity index (χ0n) is 85.1. The molecule has 2 aromatic rings. The summed E-state index contributed by atoms with van der Waals surface area (Å²) < 4.78 is 10.9. The van der Waals surface area contributed by atoms with Gasteiger partial charge in [0.1, 0.15) is 80.3 Å². The molecule has 2 aliphatic carbocycles. The summed E-state index contributed by atoms with van der Waals surface area (Å²) in [4.78, 5) is 148. The van der Waals surface area contributed by atoms with Gasteiger partial charge in [-0.3, -0.25) is 100 Å². The molecule has 46 heteroatoms. The van der Waals surface area contributed by atoms with Crippen LogP contribution < -0.4 is 91.6 Å². The van der Waals surface area contributed by atoms with E-state index in [4.69, 9.17) is 31.7 Å². The van der Waals surface area contributed by atoms with E-state index < -0.39 is 253 Å². The number of rotatable bonds is 62. The van der Waals surface area contributed by atoms with E-state index in [1.807, 2.05) is 50.3 Å². The number of primary amides is 2. The molecule has 46 nitrogen and oxygen atoms in total. The number of carbonyl (C=O) groups excluding carboxylic acids is 9. The molecule has 34 N–H and O–H groups in total. The fourth-order valence-electron chi connectivity index (χ4n) is 19.3. The van der Waals surface area contributed by atoms with Crippen molar-refractivity contribution in [2.75, 3.05) is 105 Å². The Balaban J connectivity index is 1.04. The lowest BCUT2D eigenvalue weighted by Gasteiger charge is -2.38. The van der Waals surface area contributed by atoms with Gasteiger partial charge in [0.2, 0.25) is 47.3 Å². The molecule has 5 aliphatic rings. The SMILES string of the molecule is CCCCC(NC(O)C(CNC(O)CN(CC(=O)O)CC(O)O)NC(=O)C(CO)NC(O)C(CCC(N)=O)NC(=O)C(CO)NC(O)CNC(=O)COCCOCCNC(=O)CCCCCCCCCCCCCCCC(C)C)C(O)NC1CCC(=O)C23CC(N)=NCCC(C4=CC(C)CC=C4)C(NC(O)CNC(O)C4CCCN4C1=O)C(O)NC(Cc1c[nH]c4ccccc14)C(=O)NC(C(N)=O)CCCCNC2C3. The minimum atomic E-state index is -2.08. The number of unbranched alkanes of at least 4 members (excludes halogenated alkanes) is 13. The van der Waals surface area contributed by atoms with Crippen LogP contribution in [0.3, 0.4) is 0 Å². The van der Waals surface area contributed by atoms with Crippen LogP contribution in [-0.4, -0.2) is 374 Å². The molecule has 22 unspecified atom stereocenters. The van der Waals surface area contributed by atoms with Crippen LogP contribution in [0.25, 0.3) is 10.9 Å². The average molecular weight is 2060 g/mol. The zero-order chi connectivity index (χ0) is 106. The number of aromatic amines is 1. The number of ketones is 1. The van der Waals surface area contributed by atoms with E-state index in [0.29, 0.717) is 63.6 Å². The Bertz CT molecular complexity index is 4300. The molecule has 1 saturated carbocycles. The summed E-state index contributed by atoms with van der Waals surface area (Å²) in [6, 6.07) is -7.31. The highest BCUT2D eigenvalue weighted by Gasteiger charge is 2.59. The first kappa shape index (κ1) is 124. The molecular formula is C99H173N21O25. The molecule has 1 saturated heterocycles. The number of aromatic nitrogens is 1. The molecule has 8 amide bonds. The maximum absolute atomic E-state index is 15.7. The van der Waals surface area contributed by atoms with Crippen molar-refractivity contribution in [2.24, 2.45) is 45.4 Å². The second-order valence-corrected chi connectivity index (χ2v) is 39.9. The van der Waals surface area contributed by atoms with Gasteiger partial charge in [0.15, 0.2) is 6.29 Å². The highest BCUT2D eigenvalue weighted by atomic mass is 16.5. The number of aliphatic hydroxyl groups is 12. The molecule has 1 aromatic carbocycles. The van der Waals surface area contributed by atoms with Crippen LogP contribution in [0.1, 0.15) is 232 Å². The Labute approximate surface area is 850 Å². The molecule has 2 bridgehead atoms. The number of β-amino-alcohol motifs (C(OH)–C–C–N with tert-alkyl or cyclic N) is 1. The van der Waals surface area contributed by atoms with Gasteiger partial charge in [-0.15, -0.1) is 0 Å². The third-order valence-corrected chi connectivity index (χ3v) is 27.5. The van der Waals surface area contributed by atoms with E-state index in [1.54, 1.807) is 6.20 Å². The summed E-state index contributed by atoms with van der Waals surface area (Å²) in [5.74, 6) is -7.65. The summed E-state index contributed by atoms with van der Waals surface area (Å²) in [5, 5.41) is 188. The number of allylic oxidation sites excluding steroid dienone is 3. The maximum atomic E-state index is 15.7. The van der Waals surface area contributed by atoms with E-state index in [0.717, 1.165) is 46.6 Å². The number of aliphatic imine (C=N–C) groups is 1. The van der Waals surface area contributed by atoms with E-state index in [1.165, 1.54) is 75.5 Å². The number of amidine groups is 1. The molecule has 22 atom stereocenters. The second kappa shape index (κ2) is 67.0. The number of nitrogens with two attached hydrogens (primary N) is 3. The number of hydrogen-bond acceptors (Lipinski definition) is 36. The van der Waals surface area contributed by atoms with Crippen molar-refractivity contribution in [2.45, 2.75) is 356 Å².